The zero-order chi connectivity index (χ0) is 33.8. The highest BCUT2D eigenvalue weighted by atomic mass is 32.1. The van der Waals surface area contributed by atoms with Gasteiger partial charge in [-0.05, 0) is 33.0 Å². The van der Waals surface area contributed by atoms with E-state index in [2.05, 4.69) is 30.4 Å². The van der Waals surface area contributed by atoms with Gasteiger partial charge in [0.25, 0.3) is 5.92 Å². The number of nitrogens with one attached hydrogen (secondary N) is 2. The molecule has 0 spiro atoms. The molecule has 1 fully saturated rings. The summed E-state index contributed by atoms with van der Waals surface area (Å²) in [5.41, 5.74) is 0.0949. The van der Waals surface area contributed by atoms with E-state index in [1.54, 1.807) is 17.6 Å². The highest BCUT2D eigenvalue weighted by molar-refractivity contribution is 7.13. The second kappa shape index (κ2) is 14.3. The number of anilines is 2. The molecule has 15 heteroatoms. The van der Waals surface area contributed by atoms with E-state index in [0.29, 0.717) is 54.3 Å². The molecule has 1 saturated heterocycles. The van der Waals surface area contributed by atoms with Crippen LogP contribution in [0.1, 0.15) is 50.7 Å². The number of pyridine rings is 3. The summed E-state index contributed by atoms with van der Waals surface area (Å²) in [6.45, 7) is 11.8. The molecule has 5 heterocycles. The standard InChI is InChI=1S/C29H32F2N8O4S.C2H6/c1-5-32-28(43)35-22-12-17(26-34-21(15-44-26)29(3,30)31)19(13-33-22)16-11-18-23(40)20(27(41)42)14-38(6-2)25(18)36-24(16)39-9-7-37(4)8-10-39;1-2/h11-15H,5-10H2,1-4H3,(H,41,42)(H2,32,33,35,43);1-2H3. The maximum atomic E-state index is 14.2. The maximum absolute atomic E-state index is 14.2. The number of fused-ring (bicyclic) bond motifs is 1. The van der Waals surface area contributed by atoms with Gasteiger partial charge in [-0.3, -0.25) is 10.1 Å². The summed E-state index contributed by atoms with van der Waals surface area (Å²) in [6, 6.07) is 2.64. The lowest BCUT2D eigenvalue weighted by atomic mass is 10.00. The van der Waals surface area contributed by atoms with Crippen LogP contribution in [0.5, 0.6) is 0 Å². The highest BCUT2D eigenvalue weighted by Gasteiger charge is 2.30. The number of carbonyl (C=O) groups excluding carboxylic acids is 1. The normalized spacial score (nSPS) is 13.7. The van der Waals surface area contributed by atoms with E-state index in [4.69, 9.17) is 4.98 Å². The smallest absolute Gasteiger partial charge is 0.341 e. The average Bonchev–Trinajstić information content (AvgIpc) is 3.54. The summed E-state index contributed by atoms with van der Waals surface area (Å²) >= 11 is 1.01. The van der Waals surface area contributed by atoms with E-state index < -0.39 is 34.6 Å². The number of urea groups is 1. The van der Waals surface area contributed by atoms with E-state index in [1.165, 1.54) is 23.8 Å². The minimum Gasteiger partial charge on any atom is -0.477 e. The molecule has 0 saturated carbocycles. The predicted octanol–water partition coefficient (Wildman–Crippen LogP) is 5.33. The highest BCUT2D eigenvalue weighted by Crippen LogP contribution is 2.41. The molecular weight excluding hydrogens is 618 g/mol. The quantitative estimate of drug-likeness (QED) is 0.229. The number of alkyl halides is 2. The fourth-order valence-electron chi connectivity index (χ4n) is 4.99. The van der Waals surface area contributed by atoms with Gasteiger partial charge in [-0.25, -0.2) is 24.5 Å². The number of nitrogens with zero attached hydrogens (tertiary/aromatic N) is 6. The van der Waals surface area contributed by atoms with Gasteiger partial charge in [0.15, 0.2) is 0 Å². The lowest BCUT2D eigenvalue weighted by Gasteiger charge is -2.34. The number of hydrogen-bond donors (Lipinski definition) is 3. The number of carboxylic acids is 1. The molecular formula is C31H38F2N8O4S. The molecule has 5 rings (SSSR count). The molecule has 1 aliphatic rings. The zero-order valence-corrected chi connectivity index (χ0v) is 27.5. The number of carbonyl (C=O) groups is 2. The second-order valence-corrected chi connectivity index (χ2v) is 11.4. The first kappa shape index (κ1) is 34.4. The summed E-state index contributed by atoms with van der Waals surface area (Å²) in [6.07, 6.45) is 2.77. The number of thiazole rings is 1. The van der Waals surface area contributed by atoms with E-state index in [0.717, 1.165) is 31.4 Å². The Bertz CT molecular complexity index is 1800. The van der Waals surface area contributed by atoms with Crippen LogP contribution in [0.4, 0.5) is 25.2 Å². The first-order valence-electron chi connectivity index (χ1n) is 15.1. The Hall–Kier alpha value is -4.50. The third-order valence-electron chi connectivity index (χ3n) is 7.36. The van der Waals surface area contributed by atoms with E-state index in [1.807, 2.05) is 27.8 Å². The largest absolute Gasteiger partial charge is 0.477 e. The molecule has 12 nitrogen and oxygen atoms in total. The van der Waals surface area contributed by atoms with Crippen molar-refractivity contribution in [3.8, 4) is 21.7 Å². The first-order chi connectivity index (χ1) is 21.9. The van der Waals surface area contributed by atoms with Crippen LogP contribution < -0.4 is 21.0 Å². The van der Waals surface area contributed by atoms with Crippen LogP contribution in [0.2, 0.25) is 0 Å². The predicted molar refractivity (Wildman–Crippen MR) is 176 cm³/mol. The molecule has 3 N–H and O–H groups in total. The second-order valence-electron chi connectivity index (χ2n) is 10.5. The number of aromatic nitrogens is 4. The molecule has 4 aromatic heterocycles. The first-order valence-corrected chi connectivity index (χ1v) is 15.9. The minimum absolute atomic E-state index is 0.0926. The Balaban J connectivity index is 0.00000235. The Morgan fingerprint density at radius 3 is 2.35 bits per heavy atom. The molecule has 0 aliphatic carbocycles. The van der Waals surface area contributed by atoms with Gasteiger partial charge in [0.2, 0.25) is 5.43 Å². The van der Waals surface area contributed by atoms with Crippen molar-refractivity contribution < 1.29 is 23.5 Å². The van der Waals surface area contributed by atoms with Crippen molar-refractivity contribution in [2.24, 2.45) is 0 Å². The lowest BCUT2D eigenvalue weighted by molar-refractivity contribution is 0.0135. The van der Waals surface area contributed by atoms with Crippen molar-refractivity contribution >= 4 is 46.0 Å². The Labute approximate surface area is 269 Å². The van der Waals surface area contributed by atoms with Gasteiger partial charge >= 0.3 is 12.0 Å². The molecule has 2 amide bonds. The van der Waals surface area contributed by atoms with Crippen molar-refractivity contribution in [2.45, 2.75) is 47.1 Å². The Morgan fingerprint density at radius 2 is 1.76 bits per heavy atom. The number of aromatic carboxylic acids is 1. The number of amides is 2. The average molecular weight is 657 g/mol. The Kier molecular flexibility index (Phi) is 10.7. The molecule has 46 heavy (non-hydrogen) atoms. The molecule has 0 radical (unpaired) electrons. The summed E-state index contributed by atoms with van der Waals surface area (Å²) in [4.78, 5) is 55.5. The summed E-state index contributed by atoms with van der Waals surface area (Å²) in [7, 11) is 2.01. The van der Waals surface area contributed by atoms with Gasteiger partial charge in [-0.2, -0.15) is 8.78 Å². The van der Waals surface area contributed by atoms with Crippen LogP contribution in [-0.2, 0) is 12.5 Å². The fraction of sp³-hybridized carbons (Fsp3) is 0.419. The molecule has 4 aromatic rings. The van der Waals surface area contributed by atoms with Crippen LogP contribution in [0.25, 0.3) is 32.7 Å². The van der Waals surface area contributed by atoms with Crippen LogP contribution in [0, 0.1) is 0 Å². The van der Waals surface area contributed by atoms with E-state index in [9.17, 15) is 28.3 Å². The van der Waals surface area contributed by atoms with E-state index >= 15 is 0 Å². The topological polar surface area (TPSA) is 146 Å². The van der Waals surface area contributed by atoms with Crippen molar-refractivity contribution in [3.05, 3.63) is 51.4 Å². The van der Waals surface area contributed by atoms with Crippen molar-refractivity contribution in [1.29, 1.82) is 0 Å². The summed E-state index contributed by atoms with van der Waals surface area (Å²) < 4.78 is 30.1. The minimum atomic E-state index is -3.18. The van der Waals surface area contributed by atoms with Gasteiger partial charge in [-0.1, -0.05) is 13.8 Å². The Morgan fingerprint density at radius 1 is 1.07 bits per heavy atom. The third kappa shape index (κ3) is 7.15. The maximum Gasteiger partial charge on any atom is 0.341 e. The number of piperazine rings is 1. The van der Waals surface area contributed by atoms with Gasteiger partial charge in [-0.15, -0.1) is 11.3 Å². The van der Waals surface area contributed by atoms with Crippen molar-refractivity contribution in [3.63, 3.8) is 0 Å². The van der Waals surface area contributed by atoms with Gasteiger partial charge < -0.3 is 24.8 Å². The number of likely N-dealkylation sites (N-methyl/N-ethyl adjacent to an activating group) is 1. The monoisotopic (exact) mass is 656 g/mol. The van der Waals surface area contributed by atoms with Crippen LogP contribution in [0.15, 0.2) is 34.7 Å². The van der Waals surface area contributed by atoms with Crippen LogP contribution >= 0.6 is 11.3 Å². The van der Waals surface area contributed by atoms with Crippen molar-refractivity contribution in [2.75, 3.05) is 50.0 Å². The van der Waals surface area contributed by atoms with E-state index in [-0.39, 0.29) is 16.2 Å². The number of aryl methyl sites for hydroxylation is 1. The molecule has 1 aliphatic heterocycles. The van der Waals surface area contributed by atoms with Crippen LogP contribution in [0.3, 0.4) is 0 Å². The van der Waals surface area contributed by atoms with Crippen molar-refractivity contribution in [1.82, 2.24) is 29.7 Å². The number of hydrogen-bond acceptors (Lipinski definition) is 9. The molecule has 0 unspecified atom stereocenters. The van der Waals surface area contributed by atoms with Gasteiger partial charge in [0.05, 0.1) is 5.39 Å². The summed E-state index contributed by atoms with van der Waals surface area (Å²) in [5, 5.41) is 16.6. The molecule has 0 aromatic carbocycles. The molecule has 0 atom stereocenters. The number of halogens is 2. The van der Waals surface area contributed by atoms with Crippen LogP contribution in [-0.4, -0.2) is 81.3 Å². The SMILES string of the molecule is CC.CCNC(=O)Nc1cc(-c2nc(C(C)(F)F)cs2)c(-c2cc3c(=O)c(C(=O)O)cn(CC)c3nc2N2CCN(C)CC2)cn1. The lowest BCUT2D eigenvalue weighted by Crippen LogP contribution is -2.45. The van der Waals surface area contributed by atoms with Gasteiger partial charge in [0.1, 0.15) is 33.5 Å². The number of rotatable bonds is 8. The third-order valence-corrected chi connectivity index (χ3v) is 8.24. The molecule has 246 valence electrons. The molecule has 0 bridgehead atoms. The summed E-state index contributed by atoms with van der Waals surface area (Å²) in [5.74, 6) is -3.85. The number of carboxylic acid groups (broad SMARTS) is 1. The van der Waals surface area contributed by atoms with Gasteiger partial charge in [0, 0.05) is 80.7 Å². The fourth-order valence-corrected chi connectivity index (χ4v) is 5.92. The zero-order valence-electron chi connectivity index (χ0n) is 26.6.